The van der Waals surface area contributed by atoms with E-state index in [2.05, 4.69) is 10.3 Å². The Morgan fingerprint density at radius 2 is 1.96 bits per heavy atom. The Labute approximate surface area is 138 Å². The average Bonchev–Trinajstić information content (AvgIpc) is 3.19. The number of fused-ring (bicyclic) bond motifs is 2. The second-order valence-corrected chi connectivity index (χ2v) is 5.81. The van der Waals surface area contributed by atoms with Crippen LogP contribution in [0.5, 0.6) is 0 Å². The molecular weight excluding hydrogens is 302 g/mol. The molecule has 2 heterocycles. The van der Waals surface area contributed by atoms with Crippen molar-refractivity contribution >= 4 is 27.9 Å². The highest BCUT2D eigenvalue weighted by Gasteiger charge is 2.16. The first-order chi connectivity index (χ1) is 11.7. The van der Waals surface area contributed by atoms with Gasteiger partial charge in [0, 0.05) is 11.7 Å². The van der Waals surface area contributed by atoms with E-state index in [0.29, 0.717) is 5.89 Å². The van der Waals surface area contributed by atoms with E-state index in [1.54, 1.807) is 0 Å². The van der Waals surface area contributed by atoms with Crippen molar-refractivity contribution in [1.82, 2.24) is 14.9 Å². The van der Waals surface area contributed by atoms with E-state index < -0.39 is 0 Å². The topological polar surface area (TPSA) is 60.1 Å². The first kappa shape index (κ1) is 14.5. The van der Waals surface area contributed by atoms with Crippen molar-refractivity contribution in [2.75, 3.05) is 0 Å². The molecule has 4 aromatic rings. The van der Waals surface area contributed by atoms with Crippen LogP contribution in [0.4, 0.5) is 0 Å². The van der Waals surface area contributed by atoms with E-state index in [0.717, 1.165) is 22.0 Å². The maximum atomic E-state index is 12.4. The van der Waals surface area contributed by atoms with Crippen molar-refractivity contribution in [2.24, 2.45) is 0 Å². The van der Waals surface area contributed by atoms with Gasteiger partial charge in [-0.25, -0.2) is 4.98 Å². The Morgan fingerprint density at radius 1 is 1.17 bits per heavy atom. The minimum absolute atomic E-state index is 0.0777. The number of oxazole rings is 1. The van der Waals surface area contributed by atoms with E-state index in [-0.39, 0.29) is 18.5 Å². The zero-order valence-corrected chi connectivity index (χ0v) is 13.3. The highest BCUT2D eigenvalue weighted by Crippen LogP contribution is 2.20. The van der Waals surface area contributed by atoms with Crippen molar-refractivity contribution in [2.45, 2.75) is 19.5 Å². The number of rotatable bonds is 4. The van der Waals surface area contributed by atoms with Crippen LogP contribution >= 0.6 is 0 Å². The zero-order valence-electron chi connectivity index (χ0n) is 13.3. The molecule has 4 rings (SSSR count). The van der Waals surface area contributed by atoms with E-state index >= 15 is 0 Å². The molecule has 120 valence electrons. The van der Waals surface area contributed by atoms with Crippen molar-refractivity contribution in [3.05, 3.63) is 66.7 Å². The molecule has 24 heavy (non-hydrogen) atoms. The smallest absolute Gasteiger partial charge is 0.240 e. The third-order valence-electron chi connectivity index (χ3n) is 4.05. The summed E-state index contributed by atoms with van der Waals surface area (Å²) in [6.45, 7) is 2.13. The molecule has 1 atom stereocenters. The number of carbonyl (C=O) groups excluding carboxylic acids is 1. The highest BCUT2D eigenvalue weighted by atomic mass is 16.3. The fourth-order valence-electron chi connectivity index (χ4n) is 2.86. The van der Waals surface area contributed by atoms with Crippen LogP contribution in [0.15, 0.2) is 65.2 Å². The summed E-state index contributed by atoms with van der Waals surface area (Å²) in [5, 5.41) is 4.07. The van der Waals surface area contributed by atoms with Crippen molar-refractivity contribution in [1.29, 1.82) is 0 Å². The third kappa shape index (κ3) is 2.65. The van der Waals surface area contributed by atoms with Gasteiger partial charge in [-0.2, -0.15) is 0 Å². The van der Waals surface area contributed by atoms with E-state index in [4.69, 9.17) is 4.42 Å². The molecule has 0 saturated heterocycles. The minimum atomic E-state index is -0.285. The lowest BCUT2D eigenvalue weighted by molar-refractivity contribution is -0.122. The predicted octanol–water partition coefficient (Wildman–Crippen LogP) is 3.66. The number of aromatic nitrogens is 2. The molecule has 0 radical (unpaired) electrons. The Morgan fingerprint density at radius 3 is 2.83 bits per heavy atom. The van der Waals surface area contributed by atoms with Gasteiger partial charge in [-0.3, -0.25) is 4.79 Å². The van der Waals surface area contributed by atoms with Crippen LogP contribution in [0.1, 0.15) is 18.9 Å². The molecule has 1 N–H and O–H groups in total. The molecule has 1 unspecified atom stereocenters. The number of hydrogen-bond donors (Lipinski definition) is 1. The first-order valence-corrected chi connectivity index (χ1v) is 7.89. The molecular formula is C19H17N3O2. The van der Waals surface area contributed by atoms with Gasteiger partial charge in [0.2, 0.25) is 11.8 Å². The molecule has 0 aliphatic carbocycles. The Balaban J connectivity index is 1.49. The van der Waals surface area contributed by atoms with E-state index in [1.807, 2.05) is 72.3 Å². The molecule has 0 spiro atoms. The summed E-state index contributed by atoms with van der Waals surface area (Å²) < 4.78 is 7.64. The molecule has 0 aliphatic heterocycles. The maximum absolute atomic E-state index is 12.4. The number of nitrogens with one attached hydrogen (secondary N) is 1. The van der Waals surface area contributed by atoms with Crippen LogP contribution < -0.4 is 5.32 Å². The maximum Gasteiger partial charge on any atom is 0.240 e. The monoisotopic (exact) mass is 319 g/mol. The number of hydrogen-bond acceptors (Lipinski definition) is 3. The lowest BCUT2D eigenvalue weighted by Gasteiger charge is -2.11. The largest absolute Gasteiger partial charge is 0.438 e. The van der Waals surface area contributed by atoms with Crippen LogP contribution in [-0.4, -0.2) is 15.5 Å². The summed E-state index contributed by atoms with van der Waals surface area (Å²) in [6, 6.07) is 17.3. The lowest BCUT2D eigenvalue weighted by Crippen LogP contribution is -2.30. The van der Waals surface area contributed by atoms with Gasteiger partial charge in [0.25, 0.3) is 0 Å². The van der Waals surface area contributed by atoms with Gasteiger partial charge in [0.1, 0.15) is 18.1 Å². The second-order valence-electron chi connectivity index (χ2n) is 5.81. The molecule has 2 aromatic heterocycles. The van der Waals surface area contributed by atoms with Gasteiger partial charge in [-0.05, 0) is 36.6 Å². The van der Waals surface area contributed by atoms with Crippen LogP contribution in [0.25, 0.3) is 22.0 Å². The quantitative estimate of drug-likeness (QED) is 0.624. The van der Waals surface area contributed by atoms with Crippen LogP contribution in [-0.2, 0) is 11.3 Å². The molecule has 0 bridgehead atoms. The van der Waals surface area contributed by atoms with Gasteiger partial charge in [0.05, 0.1) is 0 Å². The molecule has 5 heteroatoms. The number of para-hydroxylation sites is 3. The van der Waals surface area contributed by atoms with Gasteiger partial charge < -0.3 is 14.3 Å². The van der Waals surface area contributed by atoms with E-state index in [1.165, 1.54) is 0 Å². The Bertz CT molecular complexity index is 982. The zero-order chi connectivity index (χ0) is 16.5. The van der Waals surface area contributed by atoms with Crippen molar-refractivity contribution in [3.63, 3.8) is 0 Å². The summed E-state index contributed by atoms with van der Waals surface area (Å²) in [5.74, 6) is 0.438. The summed E-state index contributed by atoms with van der Waals surface area (Å²) >= 11 is 0. The standard InChI is InChI=1S/C19H17N3O2/c1-13(19-21-15-7-3-5-9-17(15)24-19)20-18(23)12-22-11-10-14-6-2-4-8-16(14)22/h2-11,13H,12H2,1H3,(H,20,23). The molecule has 0 fully saturated rings. The fourth-order valence-corrected chi connectivity index (χ4v) is 2.86. The molecule has 0 saturated carbocycles. The van der Waals surface area contributed by atoms with Gasteiger partial charge >= 0.3 is 0 Å². The van der Waals surface area contributed by atoms with E-state index in [9.17, 15) is 4.79 Å². The Kier molecular flexibility index (Phi) is 3.54. The average molecular weight is 319 g/mol. The normalized spacial score (nSPS) is 12.5. The Hall–Kier alpha value is -3.08. The van der Waals surface area contributed by atoms with Crippen molar-refractivity contribution < 1.29 is 9.21 Å². The number of nitrogens with zero attached hydrogens (tertiary/aromatic N) is 2. The summed E-state index contributed by atoms with van der Waals surface area (Å²) in [4.78, 5) is 16.8. The number of amides is 1. The molecule has 0 aliphatic rings. The molecule has 1 amide bonds. The van der Waals surface area contributed by atoms with Crippen molar-refractivity contribution in [3.8, 4) is 0 Å². The van der Waals surface area contributed by atoms with Gasteiger partial charge in [-0.1, -0.05) is 30.3 Å². The molecule has 2 aromatic carbocycles. The predicted molar refractivity (Wildman–Crippen MR) is 92.5 cm³/mol. The van der Waals surface area contributed by atoms with Crippen LogP contribution in [0.3, 0.4) is 0 Å². The van der Waals surface area contributed by atoms with Gasteiger partial charge in [0.15, 0.2) is 5.58 Å². The second kappa shape index (κ2) is 5.85. The van der Waals surface area contributed by atoms with Crippen LogP contribution in [0, 0.1) is 0 Å². The SMILES string of the molecule is CC(NC(=O)Cn1ccc2ccccc21)c1nc2ccccc2o1. The third-order valence-corrected chi connectivity index (χ3v) is 4.05. The fraction of sp³-hybridized carbons (Fsp3) is 0.158. The lowest BCUT2D eigenvalue weighted by atomic mass is 10.2. The minimum Gasteiger partial charge on any atom is -0.438 e. The molecule has 5 nitrogen and oxygen atoms in total. The number of benzene rings is 2. The summed E-state index contributed by atoms with van der Waals surface area (Å²) in [7, 11) is 0. The summed E-state index contributed by atoms with van der Waals surface area (Å²) in [6.07, 6.45) is 1.92. The first-order valence-electron chi connectivity index (χ1n) is 7.89. The van der Waals surface area contributed by atoms with Crippen LogP contribution in [0.2, 0.25) is 0 Å². The highest BCUT2D eigenvalue weighted by molar-refractivity contribution is 5.83. The van der Waals surface area contributed by atoms with Gasteiger partial charge in [-0.15, -0.1) is 0 Å². The summed E-state index contributed by atoms with van der Waals surface area (Å²) in [5.41, 5.74) is 2.57. The number of carbonyl (C=O) groups is 1.